The number of hydrogen-bond donors (Lipinski definition) is 3. The van der Waals surface area contributed by atoms with Crippen LogP contribution in [-0.4, -0.2) is 40.5 Å². The Hall–Kier alpha value is -2.36. The number of rotatable bonds is 5. The molecule has 1 fully saturated rings. The van der Waals surface area contributed by atoms with Gasteiger partial charge in [-0.2, -0.15) is 0 Å². The second-order valence-electron chi connectivity index (χ2n) is 7.58. The summed E-state index contributed by atoms with van der Waals surface area (Å²) in [6.45, 7) is 3.29. The summed E-state index contributed by atoms with van der Waals surface area (Å²) >= 11 is 6.41. The van der Waals surface area contributed by atoms with E-state index in [0.29, 0.717) is 17.9 Å². The van der Waals surface area contributed by atoms with Crippen LogP contribution in [0.25, 0.3) is 0 Å². The van der Waals surface area contributed by atoms with Gasteiger partial charge in [-0.05, 0) is 47.7 Å². The monoisotopic (exact) mass is 427 g/mol. The smallest absolute Gasteiger partial charge is 0.217 e. The molecule has 5 nitrogen and oxygen atoms in total. The minimum absolute atomic E-state index is 0.281. The van der Waals surface area contributed by atoms with Gasteiger partial charge in [-0.25, -0.2) is 0 Å². The number of ether oxygens (including phenoxy) is 1. The lowest BCUT2D eigenvalue weighted by Crippen LogP contribution is -2.60. The number of hydrogen-bond acceptors (Lipinski definition) is 4. The predicted octanol–water partition coefficient (Wildman–Crippen LogP) is 2.99. The van der Waals surface area contributed by atoms with Gasteiger partial charge in [-0.1, -0.05) is 48.7 Å². The molecule has 6 heteroatoms. The SMILES string of the molecule is C#Cc1ccc(Cc2cc([C@@H]3O[C@H](CC)[C@@H](NC(C)=O)[C@H](O)[C@H]3O)ccc2Cl)cc1. The van der Waals surface area contributed by atoms with Crippen molar-refractivity contribution in [3.05, 3.63) is 69.7 Å². The van der Waals surface area contributed by atoms with E-state index in [1.54, 1.807) is 12.1 Å². The van der Waals surface area contributed by atoms with Crippen molar-refractivity contribution < 1.29 is 19.7 Å². The van der Waals surface area contributed by atoms with Gasteiger partial charge in [0.25, 0.3) is 0 Å². The highest BCUT2D eigenvalue weighted by molar-refractivity contribution is 6.31. The molecule has 3 N–H and O–H groups in total. The zero-order valence-electron chi connectivity index (χ0n) is 17.0. The van der Waals surface area contributed by atoms with Gasteiger partial charge in [0.15, 0.2) is 0 Å². The molecule has 0 spiro atoms. The third-order valence-corrected chi connectivity index (χ3v) is 5.80. The zero-order valence-corrected chi connectivity index (χ0v) is 17.8. The maximum atomic E-state index is 11.5. The van der Waals surface area contributed by atoms with Gasteiger partial charge in [-0.3, -0.25) is 4.79 Å². The van der Waals surface area contributed by atoms with Gasteiger partial charge in [-0.15, -0.1) is 6.42 Å². The number of amides is 1. The molecule has 1 aliphatic heterocycles. The van der Waals surface area contributed by atoms with E-state index in [-0.39, 0.29) is 5.91 Å². The number of halogens is 1. The second kappa shape index (κ2) is 9.63. The first-order valence-electron chi connectivity index (χ1n) is 9.96. The summed E-state index contributed by atoms with van der Waals surface area (Å²) in [6.07, 6.45) is 3.10. The van der Waals surface area contributed by atoms with Crippen LogP contribution < -0.4 is 5.32 Å². The zero-order chi connectivity index (χ0) is 21.8. The molecule has 1 heterocycles. The number of aliphatic hydroxyl groups excluding tert-OH is 2. The Bertz CT molecular complexity index is 935. The van der Waals surface area contributed by atoms with E-state index in [9.17, 15) is 15.0 Å². The number of nitrogens with one attached hydrogen (secondary N) is 1. The minimum atomic E-state index is -1.19. The van der Waals surface area contributed by atoms with Crippen molar-refractivity contribution in [1.29, 1.82) is 0 Å². The third-order valence-electron chi connectivity index (χ3n) is 5.44. The van der Waals surface area contributed by atoms with Crippen molar-refractivity contribution in [3.8, 4) is 12.3 Å². The van der Waals surface area contributed by atoms with E-state index in [1.807, 2.05) is 37.3 Å². The Labute approximate surface area is 182 Å². The summed E-state index contributed by atoms with van der Waals surface area (Å²) in [5.74, 6) is 2.31. The van der Waals surface area contributed by atoms with Crippen LogP contribution in [0.2, 0.25) is 5.02 Å². The fourth-order valence-corrected chi connectivity index (χ4v) is 4.03. The number of carbonyl (C=O) groups is 1. The van der Waals surface area contributed by atoms with Crippen LogP contribution in [0.15, 0.2) is 42.5 Å². The van der Waals surface area contributed by atoms with E-state index < -0.39 is 30.5 Å². The van der Waals surface area contributed by atoms with Crippen LogP contribution in [-0.2, 0) is 16.0 Å². The molecule has 0 saturated carbocycles. The molecule has 1 amide bonds. The van der Waals surface area contributed by atoms with Gasteiger partial charge in [0.05, 0.1) is 12.1 Å². The molecule has 3 rings (SSSR count). The summed E-state index contributed by atoms with van der Waals surface area (Å²) in [4.78, 5) is 11.5. The van der Waals surface area contributed by atoms with E-state index in [2.05, 4.69) is 11.2 Å². The Kier molecular flexibility index (Phi) is 7.17. The average molecular weight is 428 g/mol. The van der Waals surface area contributed by atoms with E-state index >= 15 is 0 Å². The van der Waals surface area contributed by atoms with Gasteiger partial charge in [0.1, 0.15) is 18.3 Å². The third kappa shape index (κ3) is 4.85. The lowest BCUT2D eigenvalue weighted by Gasteiger charge is -2.43. The maximum Gasteiger partial charge on any atom is 0.217 e. The lowest BCUT2D eigenvalue weighted by atomic mass is 9.87. The first-order chi connectivity index (χ1) is 14.3. The molecule has 0 unspecified atom stereocenters. The molecular weight excluding hydrogens is 402 g/mol. The first-order valence-corrected chi connectivity index (χ1v) is 10.3. The molecule has 5 atom stereocenters. The van der Waals surface area contributed by atoms with Crippen molar-refractivity contribution in [2.45, 2.75) is 57.1 Å². The van der Waals surface area contributed by atoms with Crippen molar-refractivity contribution in [2.24, 2.45) is 0 Å². The van der Waals surface area contributed by atoms with E-state index in [0.717, 1.165) is 22.3 Å². The molecular formula is C24H26ClNO4. The van der Waals surface area contributed by atoms with Gasteiger partial charge in [0.2, 0.25) is 5.91 Å². The van der Waals surface area contributed by atoms with Crippen LogP contribution in [0.5, 0.6) is 0 Å². The predicted molar refractivity (Wildman–Crippen MR) is 116 cm³/mol. The summed E-state index contributed by atoms with van der Waals surface area (Å²) < 4.78 is 6.10. The van der Waals surface area contributed by atoms with Gasteiger partial charge in [0, 0.05) is 17.5 Å². The molecule has 2 aromatic rings. The van der Waals surface area contributed by atoms with Gasteiger partial charge >= 0.3 is 0 Å². The molecule has 1 aliphatic rings. The molecule has 158 valence electrons. The highest BCUT2D eigenvalue weighted by Gasteiger charge is 2.44. The van der Waals surface area contributed by atoms with Crippen LogP contribution in [0.1, 0.15) is 48.6 Å². The second-order valence-corrected chi connectivity index (χ2v) is 7.99. The minimum Gasteiger partial charge on any atom is -0.388 e. The summed E-state index contributed by atoms with van der Waals surface area (Å²) in [7, 11) is 0. The lowest BCUT2D eigenvalue weighted by molar-refractivity contribution is -0.189. The van der Waals surface area contributed by atoms with Crippen LogP contribution in [0.4, 0.5) is 0 Å². The fraction of sp³-hybridized carbons (Fsp3) is 0.375. The van der Waals surface area contributed by atoms with E-state index in [4.69, 9.17) is 22.8 Å². The molecule has 0 aromatic heterocycles. The Morgan fingerprint density at radius 3 is 2.50 bits per heavy atom. The summed E-state index contributed by atoms with van der Waals surface area (Å²) in [5.41, 5.74) is 3.46. The molecule has 0 aliphatic carbocycles. The topological polar surface area (TPSA) is 78.8 Å². The standard InChI is InChI=1S/C24H26ClNO4/c1-4-15-6-8-16(9-7-15)12-18-13-17(10-11-19(18)25)24-23(29)22(28)21(26-14(3)27)20(5-2)30-24/h1,6-11,13,20-24,28-29H,5,12H2,2-3H3,(H,26,27)/t20-,21-,22+,23-,24+/m1/s1. The number of benzene rings is 2. The molecule has 0 radical (unpaired) electrons. The van der Waals surface area contributed by atoms with Crippen LogP contribution >= 0.6 is 11.6 Å². The van der Waals surface area contributed by atoms with Crippen molar-refractivity contribution in [3.63, 3.8) is 0 Å². The molecule has 2 aromatic carbocycles. The Morgan fingerprint density at radius 2 is 1.90 bits per heavy atom. The largest absolute Gasteiger partial charge is 0.388 e. The van der Waals surface area contributed by atoms with E-state index in [1.165, 1.54) is 6.92 Å². The fourth-order valence-electron chi connectivity index (χ4n) is 3.85. The molecule has 1 saturated heterocycles. The maximum absolute atomic E-state index is 11.5. The number of terminal acetylenes is 1. The Balaban J connectivity index is 1.85. The quantitative estimate of drug-likeness (QED) is 0.641. The average Bonchev–Trinajstić information content (AvgIpc) is 2.74. The highest BCUT2D eigenvalue weighted by Crippen LogP contribution is 2.35. The number of carbonyl (C=O) groups excluding carboxylic acids is 1. The van der Waals surface area contributed by atoms with Crippen LogP contribution in [0, 0.1) is 12.3 Å². The summed E-state index contributed by atoms with van der Waals surface area (Å²) in [5, 5.41) is 24.7. The molecule has 0 bridgehead atoms. The van der Waals surface area contributed by atoms with Gasteiger partial charge < -0.3 is 20.3 Å². The normalized spacial score (nSPS) is 26.1. The molecule has 30 heavy (non-hydrogen) atoms. The van der Waals surface area contributed by atoms with Crippen molar-refractivity contribution in [2.75, 3.05) is 0 Å². The Morgan fingerprint density at radius 1 is 1.20 bits per heavy atom. The van der Waals surface area contributed by atoms with Crippen molar-refractivity contribution >= 4 is 17.5 Å². The van der Waals surface area contributed by atoms with Crippen LogP contribution in [0.3, 0.4) is 0 Å². The van der Waals surface area contributed by atoms with Crippen molar-refractivity contribution in [1.82, 2.24) is 5.32 Å². The number of aliphatic hydroxyl groups is 2. The summed E-state index contributed by atoms with van der Waals surface area (Å²) in [6, 6.07) is 12.5. The highest BCUT2D eigenvalue weighted by atomic mass is 35.5. The first kappa shape index (κ1) is 22.3.